The summed E-state index contributed by atoms with van der Waals surface area (Å²) in [6, 6.07) is 46.7. The first-order valence-electron chi connectivity index (χ1n) is 23.1. The van der Waals surface area contributed by atoms with Crippen molar-refractivity contribution in [1.29, 1.82) is 0 Å². The summed E-state index contributed by atoms with van der Waals surface area (Å²) in [5, 5.41) is 4.69. The summed E-state index contributed by atoms with van der Waals surface area (Å²) in [7, 11) is 6.45. The van der Waals surface area contributed by atoms with Gasteiger partial charge in [0.1, 0.15) is 11.6 Å². The molecule has 13 nitrogen and oxygen atoms in total. The van der Waals surface area contributed by atoms with Gasteiger partial charge in [-0.15, -0.1) is 0 Å². The monoisotopic (exact) mass is 928 g/mol. The number of benzene rings is 6. The Hall–Kier alpha value is -7.77. The quantitative estimate of drug-likeness (QED) is 0.0744. The SMILES string of the molecule is COc1ccc(CCn2c(CCN(Cc3ccccc3)C(C)=O)nc3ccccc3c2=O)cc1OC.COc1ccc(CCn2c(CCNCc3ccccc3)nc3ccccc3c2=O)cc1OC. The number of carbonyl (C=O) groups is 1. The zero-order valence-electron chi connectivity index (χ0n) is 40.0. The Morgan fingerprint density at radius 3 is 1.45 bits per heavy atom. The predicted molar refractivity (Wildman–Crippen MR) is 272 cm³/mol. The Balaban J connectivity index is 0.000000205. The number of aromatic nitrogens is 4. The van der Waals surface area contributed by atoms with Gasteiger partial charge in [0, 0.05) is 59.0 Å². The van der Waals surface area contributed by atoms with Crippen LogP contribution in [-0.2, 0) is 56.7 Å². The smallest absolute Gasteiger partial charge is 0.261 e. The third kappa shape index (κ3) is 12.8. The summed E-state index contributed by atoms with van der Waals surface area (Å²) in [6.45, 7) is 5.06. The molecule has 0 atom stereocenters. The van der Waals surface area contributed by atoms with Crippen LogP contribution in [0.25, 0.3) is 21.8 Å². The molecule has 0 fully saturated rings. The molecule has 0 aliphatic carbocycles. The van der Waals surface area contributed by atoms with E-state index in [9.17, 15) is 14.4 Å². The van der Waals surface area contributed by atoms with Crippen LogP contribution in [0.4, 0.5) is 0 Å². The molecule has 0 aliphatic heterocycles. The van der Waals surface area contributed by atoms with E-state index in [1.807, 2.05) is 132 Å². The first-order valence-corrected chi connectivity index (χ1v) is 23.1. The highest BCUT2D eigenvalue weighted by Gasteiger charge is 2.17. The number of rotatable bonds is 20. The van der Waals surface area contributed by atoms with Crippen molar-refractivity contribution in [1.82, 2.24) is 29.3 Å². The normalized spacial score (nSPS) is 10.9. The highest BCUT2D eigenvalue weighted by Crippen LogP contribution is 2.29. The summed E-state index contributed by atoms with van der Waals surface area (Å²) < 4.78 is 25.1. The highest BCUT2D eigenvalue weighted by molar-refractivity contribution is 5.78. The molecule has 1 amide bonds. The van der Waals surface area contributed by atoms with E-state index in [1.54, 1.807) is 50.9 Å². The molecule has 6 aromatic carbocycles. The molecule has 69 heavy (non-hydrogen) atoms. The van der Waals surface area contributed by atoms with Gasteiger partial charge in [-0.2, -0.15) is 0 Å². The van der Waals surface area contributed by atoms with E-state index in [4.69, 9.17) is 28.9 Å². The van der Waals surface area contributed by atoms with Gasteiger partial charge in [0.05, 0.1) is 50.2 Å². The van der Waals surface area contributed by atoms with Crippen molar-refractivity contribution in [3.8, 4) is 23.0 Å². The summed E-state index contributed by atoms with van der Waals surface area (Å²) >= 11 is 0. The Morgan fingerprint density at radius 2 is 0.971 bits per heavy atom. The number of methoxy groups -OCH3 is 4. The fourth-order valence-corrected chi connectivity index (χ4v) is 8.24. The largest absolute Gasteiger partial charge is 0.493 e. The Kier molecular flexibility index (Phi) is 17.3. The van der Waals surface area contributed by atoms with Gasteiger partial charge in [0.25, 0.3) is 11.1 Å². The molecule has 0 aliphatic rings. The molecule has 8 rings (SSSR count). The molecular weight excluding hydrogens is 869 g/mol. The van der Waals surface area contributed by atoms with Gasteiger partial charge in [0.2, 0.25) is 5.91 Å². The standard InChI is InChI=1S/C29H31N3O4.C27H29N3O3/c1-21(33)31(20-23-9-5-4-6-10-23)17-16-28-30-25-12-8-7-11-24(25)29(34)32(28)18-15-22-13-14-26(35-2)27(19-22)36-3;1-32-24-13-12-20(18-25(24)33-2)15-17-30-26(14-16-28-19-21-8-4-3-5-9-21)29-23-11-7-6-10-22(23)27(30)31/h4-14,19H,15-18,20H2,1-3H3;3-13,18,28H,14-17,19H2,1-2H3. The van der Waals surface area contributed by atoms with Crippen LogP contribution in [0, 0.1) is 0 Å². The van der Waals surface area contributed by atoms with Gasteiger partial charge >= 0.3 is 0 Å². The van der Waals surface area contributed by atoms with E-state index in [2.05, 4.69) is 17.4 Å². The van der Waals surface area contributed by atoms with Gasteiger partial charge in [-0.1, -0.05) is 97.1 Å². The molecular formula is C56H60N6O7. The maximum absolute atomic E-state index is 13.5. The molecule has 0 saturated carbocycles. The number of hydrogen-bond acceptors (Lipinski definition) is 10. The summed E-state index contributed by atoms with van der Waals surface area (Å²) in [4.78, 5) is 50.6. The Labute approximate surface area is 402 Å². The molecule has 0 bridgehead atoms. The lowest BCUT2D eigenvalue weighted by Crippen LogP contribution is -2.33. The Bertz CT molecular complexity index is 3080. The average molecular weight is 929 g/mol. The van der Waals surface area contributed by atoms with Crippen LogP contribution in [-0.4, -0.2) is 71.4 Å². The van der Waals surface area contributed by atoms with Crippen LogP contribution in [0.3, 0.4) is 0 Å². The van der Waals surface area contributed by atoms with Gasteiger partial charge in [-0.3, -0.25) is 23.5 Å². The van der Waals surface area contributed by atoms with E-state index in [0.717, 1.165) is 41.1 Å². The topological polar surface area (TPSA) is 139 Å². The minimum Gasteiger partial charge on any atom is -0.493 e. The van der Waals surface area contributed by atoms with E-state index in [-0.39, 0.29) is 17.0 Å². The number of para-hydroxylation sites is 2. The highest BCUT2D eigenvalue weighted by atomic mass is 16.5. The van der Waals surface area contributed by atoms with Crippen molar-refractivity contribution in [2.75, 3.05) is 41.5 Å². The van der Waals surface area contributed by atoms with Gasteiger partial charge in [0.15, 0.2) is 23.0 Å². The number of fused-ring (bicyclic) bond motifs is 2. The summed E-state index contributed by atoms with van der Waals surface area (Å²) in [6.07, 6.45) is 2.44. The van der Waals surface area contributed by atoms with E-state index < -0.39 is 0 Å². The number of ether oxygens (including phenoxy) is 4. The first-order chi connectivity index (χ1) is 33.7. The molecule has 0 spiro atoms. The summed E-state index contributed by atoms with van der Waals surface area (Å²) in [5.74, 6) is 4.13. The lowest BCUT2D eigenvalue weighted by molar-refractivity contribution is -0.129. The number of nitrogens with one attached hydrogen (secondary N) is 1. The molecule has 1 N–H and O–H groups in total. The number of carbonyl (C=O) groups excluding carboxylic acids is 1. The third-order valence-corrected chi connectivity index (χ3v) is 12.0. The van der Waals surface area contributed by atoms with Crippen LogP contribution in [0.5, 0.6) is 23.0 Å². The zero-order chi connectivity index (χ0) is 48.5. The van der Waals surface area contributed by atoms with Crippen molar-refractivity contribution < 1.29 is 23.7 Å². The second kappa shape index (κ2) is 24.3. The lowest BCUT2D eigenvalue weighted by Gasteiger charge is -2.22. The van der Waals surface area contributed by atoms with Crippen LogP contribution >= 0.6 is 0 Å². The average Bonchev–Trinajstić information content (AvgIpc) is 3.39. The van der Waals surface area contributed by atoms with Gasteiger partial charge < -0.3 is 29.2 Å². The third-order valence-electron chi connectivity index (χ3n) is 12.0. The molecule has 8 aromatic rings. The van der Waals surface area contributed by atoms with E-state index in [1.165, 1.54) is 5.56 Å². The molecule has 356 valence electrons. The van der Waals surface area contributed by atoms with Crippen molar-refractivity contribution in [3.05, 3.63) is 200 Å². The van der Waals surface area contributed by atoms with E-state index >= 15 is 0 Å². The second-order valence-corrected chi connectivity index (χ2v) is 16.5. The number of aryl methyl sites for hydroxylation is 2. The predicted octanol–water partition coefficient (Wildman–Crippen LogP) is 8.24. The van der Waals surface area contributed by atoms with E-state index in [0.29, 0.717) is 97.0 Å². The van der Waals surface area contributed by atoms with Crippen LogP contribution in [0.15, 0.2) is 155 Å². The minimum atomic E-state index is -0.0755. The zero-order valence-corrected chi connectivity index (χ0v) is 40.0. The maximum Gasteiger partial charge on any atom is 0.261 e. The molecule has 2 aromatic heterocycles. The van der Waals surface area contributed by atoms with Crippen LogP contribution < -0.4 is 35.4 Å². The number of amides is 1. The van der Waals surface area contributed by atoms with Gasteiger partial charge in [-0.05, 0) is 83.6 Å². The lowest BCUT2D eigenvalue weighted by atomic mass is 10.1. The molecule has 0 saturated heterocycles. The van der Waals surface area contributed by atoms with Crippen LogP contribution in [0.1, 0.15) is 40.8 Å². The summed E-state index contributed by atoms with van der Waals surface area (Å²) in [5.41, 5.74) is 5.71. The number of hydrogen-bond donors (Lipinski definition) is 1. The van der Waals surface area contributed by atoms with Gasteiger partial charge in [-0.25, -0.2) is 9.97 Å². The van der Waals surface area contributed by atoms with Crippen molar-refractivity contribution in [2.24, 2.45) is 0 Å². The van der Waals surface area contributed by atoms with Crippen molar-refractivity contribution in [3.63, 3.8) is 0 Å². The fraction of sp³-hybridized carbons (Fsp3) is 0.268. The van der Waals surface area contributed by atoms with Crippen molar-refractivity contribution in [2.45, 2.75) is 58.8 Å². The minimum absolute atomic E-state index is 0.000800. The molecule has 0 unspecified atom stereocenters. The second-order valence-electron chi connectivity index (χ2n) is 16.5. The fourth-order valence-electron chi connectivity index (χ4n) is 8.24. The maximum atomic E-state index is 13.5. The number of nitrogens with zero attached hydrogens (tertiary/aromatic N) is 5. The molecule has 0 radical (unpaired) electrons. The first kappa shape index (κ1) is 49.1. The Morgan fingerprint density at radius 1 is 0.522 bits per heavy atom. The molecule has 2 heterocycles. The molecule has 13 heteroatoms. The van der Waals surface area contributed by atoms with Crippen LogP contribution in [0.2, 0.25) is 0 Å². The van der Waals surface area contributed by atoms with Crippen molar-refractivity contribution >= 4 is 27.7 Å².